The van der Waals surface area contributed by atoms with Crippen molar-refractivity contribution in [3.8, 4) is 0 Å². The van der Waals surface area contributed by atoms with E-state index in [1.807, 2.05) is 11.6 Å². The molecule has 1 saturated carbocycles. The van der Waals surface area contributed by atoms with Crippen LogP contribution in [0.4, 0.5) is 5.95 Å². The van der Waals surface area contributed by atoms with Crippen LogP contribution in [0.5, 0.6) is 0 Å². The maximum Gasteiger partial charge on any atom is 0.201 e. The molecule has 1 aliphatic carbocycles. The third-order valence-electron chi connectivity index (χ3n) is 3.46. The number of aromatic nitrogens is 2. The predicted octanol–water partition coefficient (Wildman–Crippen LogP) is 2.89. The van der Waals surface area contributed by atoms with Crippen LogP contribution in [0.15, 0.2) is 4.60 Å². The van der Waals surface area contributed by atoms with E-state index >= 15 is 0 Å². The number of halogens is 1. The zero-order chi connectivity index (χ0) is 10.8. The smallest absolute Gasteiger partial charge is 0.201 e. The van der Waals surface area contributed by atoms with Crippen LogP contribution in [0.1, 0.15) is 37.8 Å². The van der Waals surface area contributed by atoms with E-state index in [0.717, 1.165) is 16.9 Å². The van der Waals surface area contributed by atoms with Gasteiger partial charge < -0.3 is 10.3 Å². The Hall–Kier alpha value is -0.510. The summed E-state index contributed by atoms with van der Waals surface area (Å²) in [4.78, 5) is 4.21. The van der Waals surface area contributed by atoms with Crippen LogP contribution >= 0.6 is 15.9 Å². The lowest BCUT2D eigenvalue weighted by molar-refractivity contribution is 0.496. The Labute approximate surface area is 99.2 Å². The van der Waals surface area contributed by atoms with Crippen LogP contribution in [-0.4, -0.2) is 9.55 Å². The van der Waals surface area contributed by atoms with Crippen LogP contribution < -0.4 is 5.73 Å². The van der Waals surface area contributed by atoms with Gasteiger partial charge in [-0.05, 0) is 34.7 Å². The second kappa shape index (κ2) is 4.56. The molecule has 3 nitrogen and oxygen atoms in total. The highest BCUT2D eigenvalue weighted by Crippen LogP contribution is 2.30. The number of imidazole rings is 1. The van der Waals surface area contributed by atoms with E-state index in [-0.39, 0.29) is 0 Å². The van der Waals surface area contributed by atoms with Crippen molar-refractivity contribution < 1.29 is 0 Å². The van der Waals surface area contributed by atoms with Gasteiger partial charge in [-0.2, -0.15) is 0 Å². The van der Waals surface area contributed by atoms with Crippen molar-refractivity contribution in [2.75, 3.05) is 5.73 Å². The molecule has 0 amide bonds. The number of rotatable bonds is 3. The summed E-state index contributed by atoms with van der Waals surface area (Å²) in [7, 11) is 1.98. The Morgan fingerprint density at radius 3 is 2.67 bits per heavy atom. The lowest BCUT2D eigenvalue weighted by Crippen LogP contribution is -2.04. The molecule has 15 heavy (non-hydrogen) atoms. The Balaban J connectivity index is 1.97. The summed E-state index contributed by atoms with van der Waals surface area (Å²) in [6.07, 6.45) is 8.01. The fraction of sp³-hybridized carbons (Fsp3) is 0.727. The number of anilines is 1. The van der Waals surface area contributed by atoms with Crippen molar-refractivity contribution in [3.05, 3.63) is 10.3 Å². The molecule has 0 unspecified atom stereocenters. The van der Waals surface area contributed by atoms with E-state index in [1.165, 1.54) is 37.8 Å². The number of hydrogen-bond donors (Lipinski definition) is 1. The van der Waals surface area contributed by atoms with Crippen molar-refractivity contribution in [1.82, 2.24) is 9.55 Å². The summed E-state index contributed by atoms with van der Waals surface area (Å²) in [6, 6.07) is 0. The molecule has 0 radical (unpaired) electrons. The third kappa shape index (κ3) is 2.36. The minimum atomic E-state index is 0.600. The zero-order valence-corrected chi connectivity index (χ0v) is 10.8. The van der Waals surface area contributed by atoms with Gasteiger partial charge in [-0.1, -0.05) is 25.7 Å². The normalized spacial score (nSPS) is 17.5. The first-order valence-electron chi connectivity index (χ1n) is 5.65. The molecular formula is C11H18BrN3. The molecule has 0 aliphatic heterocycles. The Morgan fingerprint density at radius 1 is 1.47 bits per heavy atom. The van der Waals surface area contributed by atoms with Crippen LogP contribution in [0.25, 0.3) is 0 Å². The molecule has 4 heteroatoms. The highest BCUT2D eigenvalue weighted by atomic mass is 79.9. The van der Waals surface area contributed by atoms with E-state index < -0.39 is 0 Å². The van der Waals surface area contributed by atoms with Crippen molar-refractivity contribution in [2.45, 2.75) is 38.5 Å². The molecule has 1 fully saturated rings. The molecule has 0 aromatic carbocycles. The van der Waals surface area contributed by atoms with E-state index in [4.69, 9.17) is 5.73 Å². The molecule has 0 spiro atoms. The standard InChI is InChI=1S/C11H18BrN3/c1-15-9(10(12)14-11(15)13)7-6-8-4-2-3-5-8/h8H,2-7H2,1H3,(H2,13,14). The monoisotopic (exact) mass is 271 g/mol. The van der Waals surface area contributed by atoms with Crippen LogP contribution in [0.3, 0.4) is 0 Å². The van der Waals surface area contributed by atoms with Gasteiger partial charge in [-0.3, -0.25) is 0 Å². The van der Waals surface area contributed by atoms with Crippen molar-refractivity contribution in [2.24, 2.45) is 13.0 Å². The van der Waals surface area contributed by atoms with Gasteiger partial charge in [-0.25, -0.2) is 4.98 Å². The number of nitrogens with zero attached hydrogens (tertiary/aromatic N) is 2. The Kier molecular flexibility index (Phi) is 3.34. The molecule has 2 rings (SSSR count). The molecule has 0 saturated heterocycles. The first-order valence-corrected chi connectivity index (χ1v) is 6.44. The summed E-state index contributed by atoms with van der Waals surface area (Å²) in [5.41, 5.74) is 6.98. The van der Waals surface area contributed by atoms with Crippen molar-refractivity contribution >= 4 is 21.9 Å². The van der Waals surface area contributed by atoms with Gasteiger partial charge in [-0.15, -0.1) is 0 Å². The highest BCUT2D eigenvalue weighted by molar-refractivity contribution is 9.10. The van der Waals surface area contributed by atoms with Crippen LogP contribution in [0.2, 0.25) is 0 Å². The lowest BCUT2D eigenvalue weighted by atomic mass is 10.0. The maximum atomic E-state index is 5.75. The van der Waals surface area contributed by atoms with E-state index in [0.29, 0.717) is 5.95 Å². The Morgan fingerprint density at radius 2 is 2.13 bits per heavy atom. The van der Waals surface area contributed by atoms with Crippen molar-refractivity contribution in [3.63, 3.8) is 0 Å². The van der Waals surface area contributed by atoms with E-state index in [9.17, 15) is 0 Å². The van der Waals surface area contributed by atoms with Gasteiger partial charge in [0, 0.05) is 7.05 Å². The lowest BCUT2D eigenvalue weighted by Gasteiger charge is -2.09. The molecule has 0 bridgehead atoms. The second-order valence-corrected chi connectivity index (χ2v) is 5.21. The minimum Gasteiger partial charge on any atom is -0.369 e. The predicted molar refractivity (Wildman–Crippen MR) is 65.6 cm³/mol. The summed E-state index contributed by atoms with van der Waals surface area (Å²) in [5.74, 6) is 1.52. The molecule has 1 aromatic rings. The zero-order valence-electron chi connectivity index (χ0n) is 9.17. The first-order chi connectivity index (χ1) is 7.18. The average molecular weight is 272 g/mol. The number of nitrogen functional groups attached to an aromatic ring is 1. The maximum absolute atomic E-state index is 5.75. The summed E-state index contributed by atoms with van der Waals surface area (Å²) in [5, 5.41) is 0. The second-order valence-electron chi connectivity index (χ2n) is 4.46. The first kappa shape index (κ1) is 11.0. The van der Waals surface area contributed by atoms with Gasteiger partial charge in [0.2, 0.25) is 5.95 Å². The Bertz CT molecular complexity index is 340. The topological polar surface area (TPSA) is 43.8 Å². The minimum absolute atomic E-state index is 0.600. The van der Waals surface area contributed by atoms with Crippen LogP contribution in [-0.2, 0) is 13.5 Å². The fourth-order valence-corrected chi connectivity index (χ4v) is 3.07. The highest BCUT2D eigenvalue weighted by Gasteiger charge is 2.17. The quantitative estimate of drug-likeness (QED) is 0.919. The molecule has 1 aromatic heterocycles. The summed E-state index contributed by atoms with van der Waals surface area (Å²) >= 11 is 3.47. The van der Waals surface area contributed by atoms with E-state index in [1.54, 1.807) is 0 Å². The molecule has 2 N–H and O–H groups in total. The van der Waals surface area contributed by atoms with Gasteiger partial charge in [0.25, 0.3) is 0 Å². The summed E-state index contributed by atoms with van der Waals surface area (Å²) < 4.78 is 2.90. The van der Waals surface area contributed by atoms with Gasteiger partial charge in [0.05, 0.1) is 5.69 Å². The SMILES string of the molecule is Cn1c(N)nc(Br)c1CCC1CCCC1. The largest absolute Gasteiger partial charge is 0.369 e. The van der Waals surface area contributed by atoms with Gasteiger partial charge in [0.1, 0.15) is 4.60 Å². The van der Waals surface area contributed by atoms with Crippen LogP contribution in [0, 0.1) is 5.92 Å². The molecule has 0 atom stereocenters. The molecule has 84 valence electrons. The summed E-state index contributed by atoms with van der Waals surface area (Å²) in [6.45, 7) is 0. The molecule has 1 heterocycles. The molecule has 1 aliphatic rings. The third-order valence-corrected chi connectivity index (χ3v) is 4.10. The fourth-order valence-electron chi connectivity index (χ4n) is 2.43. The van der Waals surface area contributed by atoms with Gasteiger partial charge >= 0.3 is 0 Å². The number of nitrogens with two attached hydrogens (primary N) is 1. The van der Waals surface area contributed by atoms with Gasteiger partial charge in [0.15, 0.2) is 0 Å². The average Bonchev–Trinajstić information content (AvgIpc) is 2.76. The van der Waals surface area contributed by atoms with Crippen molar-refractivity contribution in [1.29, 1.82) is 0 Å². The molecular weight excluding hydrogens is 254 g/mol. The van der Waals surface area contributed by atoms with E-state index in [2.05, 4.69) is 20.9 Å². The number of hydrogen-bond acceptors (Lipinski definition) is 2.